The van der Waals surface area contributed by atoms with E-state index >= 15 is 0 Å². The Kier molecular flexibility index (Phi) is 6.90. The Balaban J connectivity index is 1.54. The minimum absolute atomic E-state index is 0.0378. The summed E-state index contributed by atoms with van der Waals surface area (Å²) >= 11 is 0. The highest BCUT2D eigenvalue weighted by atomic mass is 19.1. The number of anilines is 1. The van der Waals surface area contributed by atoms with Gasteiger partial charge in [0.1, 0.15) is 17.2 Å². The zero-order valence-corrected chi connectivity index (χ0v) is 18.6. The lowest BCUT2D eigenvalue weighted by atomic mass is 10.0. The number of carbonyl (C=O) groups excluding carboxylic acids is 2. The molecule has 1 aromatic heterocycles. The molecule has 1 aromatic carbocycles. The Morgan fingerprint density at radius 2 is 1.66 bits per heavy atom. The molecule has 10 heteroatoms. The van der Waals surface area contributed by atoms with Crippen LogP contribution in [0.15, 0.2) is 30.6 Å². The third-order valence-electron chi connectivity index (χ3n) is 5.01. The van der Waals surface area contributed by atoms with Crippen molar-refractivity contribution in [3.63, 3.8) is 0 Å². The molecule has 0 saturated carbocycles. The van der Waals surface area contributed by atoms with Crippen molar-refractivity contribution in [3.8, 4) is 11.4 Å². The SMILES string of the molecule is CN(C(=O)Nc1cnc(-c2cc(F)cc(F)c2)nc1)C1CCN(C(=O)OC(C)(C)C)CC1. The normalized spacial score (nSPS) is 14.8. The van der Waals surface area contributed by atoms with Gasteiger partial charge in [0.25, 0.3) is 0 Å². The summed E-state index contributed by atoms with van der Waals surface area (Å²) in [4.78, 5) is 36.2. The van der Waals surface area contributed by atoms with Gasteiger partial charge < -0.3 is 19.9 Å². The predicted octanol–water partition coefficient (Wildman–Crippen LogP) is 4.29. The molecular weight excluding hydrogens is 420 g/mol. The number of ether oxygens (including phenoxy) is 1. The Hall–Kier alpha value is -3.30. The van der Waals surface area contributed by atoms with E-state index in [0.29, 0.717) is 31.6 Å². The van der Waals surface area contributed by atoms with Crippen molar-refractivity contribution in [2.75, 3.05) is 25.5 Å². The van der Waals surface area contributed by atoms with Gasteiger partial charge in [0, 0.05) is 37.8 Å². The lowest BCUT2D eigenvalue weighted by Crippen LogP contribution is -2.49. The summed E-state index contributed by atoms with van der Waals surface area (Å²) in [6.07, 6.45) is 3.66. The van der Waals surface area contributed by atoms with Gasteiger partial charge in [-0.1, -0.05) is 0 Å². The van der Waals surface area contributed by atoms with Crippen LogP contribution in [-0.4, -0.2) is 63.7 Å². The number of carbonyl (C=O) groups is 2. The van der Waals surface area contributed by atoms with Crippen molar-refractivity contribution in [2.24, 2.45) is 0 Å². The number of piperidine rings is 1. The average Bonchev–Trinajstić information content (AvgIpc) is 2.72. The minimum Gasteiger partial charge on any atom is -0.444 e. The highest BCUT2D eigenvalue weighted by molar-refractivity contribution is 5.89. The van der Waals surface area contributed by atoms with Gasteiger partial charge in [0.15, 0.2) is 5.82 Å². The van der Waals surface area contributed by atoms with Gasteiger partial charge in [-0.15, -0.1) is 0 Å². The van der Waals surface area contributed by atoms with E-state index in [1.165, 1.54) is 12.4 Å². The maximum atomic E-state index is 13.4. The smallest absolute Gasteiger partial charge is 0.410 e. The number of hydrogen-bond acceptors (Lipinski definition) is 5. The molecule has 1 aliphatic heterocycles. The second-order valence-electron chi connectivity index (χ2n) is 8.69. The van der Waals surface area contributed by atoms with Crippen LogP contribution in [0, 0.1) is 11.6 Å². The number of halogens is 2. The van der Waals surface area contributed by atoms with Crippen LogP contribution < -0.4 is 5.32 Å². The van der Waals surface area contributed by atoms with E-state index in [4.69, 9.17) is 4.74 Å². The Morgan fingerprint density at radius 3 is 2.19 bits per heavy atom. The molecule has 2 aromatic rings. The first kappa shape index (κ1) is 23.4. The molecule has 1 aliphatic rings. The zero-order valence-electron chi connectivity index (χ0n) is 18.6. The van der Waals surface area contributed by atoms with Gasteiger partial charge in [0.05, 0.1) is 18.1 Å². The fourth-order valence-electron chi connectivity index (χ4n) is 3.36. The predicted molar refractivity (Wildman–Crippen MR) is 115 cm³/mol. The van der Waals surface area contributed by atoms with Gasteiger partial charge >= 0.3 is 12.1 Å². The number of aromatic nitrogens is 2. The Morgan fingerprint density at radius 1 is 1.09 bits per heavy atom. The fourth-order valence-corrected chi connectivity index (χ4v) is 3.36. The summed E-state index contributed by atoms with van der Waals surface area (Å²) in [5.41, 5.74) is 0.00772. The molecule has 1 N–H and O–H groups in total. The summed E-state index contributed by atoms with van der Waals surface area (Å²) < 4.78 is 32.2. The molecule has 1 fully saturated rings. The molecule has 0 unspecified atom stereocenters. The Bertz CT molecular complexity index is 950. The molecule has 32 heavy (non-hydrogen) atoms. The van der Waals surface area contributed by atoms with Gasteiger partial charge in [-0.25, -0.2) is 28.3 Å². The summed E-state index contributed by atoms with van der Waals surface area (Å²) in [6, 6.07) is 2.66. The van der Waals surface area contributed by atoms with Crippen molar-refractivity contribution in [2.45, 2.75) is 45.3 Å². The summed E-state index contributed by atoms with van der Waals surface area (Å²) in [5, 5.41) is 2.71. The average molecular weight is 447 g/mol. The zero-order chi connectivity index (χ0) is 23.5. The van der Waals surface area contributed by atoms with E-state index in [-0.39, 0.29) is 29.6 Å². The molecule has 3 amide bonds. The molecule has 8 nitrogen and oxygen atoms in total. The second kappa shape index (κ2) is 9.46. The van der Waals surface area contributed by atoms with Crippen molar-refractivity contribution >= 4 is 17.8 Å². The lowest BCUT2D eigenvalue weighted by molar-refractivity contribution is 0.0174. The highest BCUT2D eigenvalue weighted by Crippen LogP contribution is 2.21. The molecule has 0 aliphatic carbocycles. The van der Waals surface area contributed by atoms with Crippen molar-refractivity contribution in [3.05, 3.63) is 42.2 Å². The van der Waals surface area contributed by atoms with Crippen LogP contribution in [0.25, 0.3) is 11.4 Å². The van der Waals surface area contributed by atoms with E-state index in [1.807, 2.05) is 20.8 Å². The molecular formula is C22H27F2N5O3. The van der Waals surface area contributed by atoms with Crippen molar-refractivity contribution < 1.29 is 23.1 Å². The topological polar surface area (TPSA) is 87.7 Å². The number of benzene rings is 1. The van der Waals surface area contributed by atoms with Crippen LogP contribution in [0.1, 0.15) is 33.6 Å². The van der Waals surface area contributed by atoms with E-state index in [2.05, 4.69) is 15.3 Å². The standard InChI is InChI=1S/C22H27F2N5O3/c1-22(2,3)32-21(31)29-7-5-18(6-8-29)28(4)20(30)27-17-12-25-19(26-13-17)14-9-15(23)11-16(24)10-14/h9-13,18H,5-8H2,1-4H3,(H,27,30). The number of urea groups is 1. The third kappa shape index (κ3) is 6.12. The van der Waals surface area contributed by atoms with Crippen LogP contribution >= 0.6 is 0 Å². The van der Waals surface area contributed by atoms with E-state index < -0.39 is 17.2 Å². The number of nitrogens with one attached hydrogen (secondary N) is 1. The van der Waals surface area contributed by atoms with Crippen LogP contribution in [0.3, 0.4) is 0 Å². The lowest BCUT2D eigenvalue weighted by Gasteiger charge is -2.37. The molecule has 1 saturated heterocycles. The summed E-state index contributed by atoms with van der Waals surface area (Å²) in [7, 11) is 1.69. The largest absolute Gasteiger partial charge is 0.444 e. The first-order valence-electron chi connectivity index (χ1n) is 10.3. The van der Waals surface area contributed by atoms with E-state index in [9.17, 15) is 18.4 Å². The molecule has 0 atom stereocenters. The summed E-state index contributed by atoms with van der Waals surface area (Å²) in [6.45, 7) is 6.46. The van der Waals surface area contributed by atoms with Crippen molar-refractivity contribution in [1.29, 1.82) is 0 Å². The monoisotopic (exact) mass is 447 g/mol. The van der Waals surface area contributed by atoms with Crippen LogP contribution in [0.4, 0.5) is 24.1 Å². The highest BCUT2D eigenvalue weighted by Gasteiger charge is 2.30. The van der Waals surface area contributed by atoms with Crippen molar-refractivity contribution in [1.82, 2.24) is 19.8 Å². The van der Waals surface area contributed by atoms with Gasteiger partial charge in [-0.05, 0) is 45.7 Å². The summed E-state index contributed by atoms with van der Waals surface area (Å²) in [5.74, 6) is -1.30. The quantitative estimate of drug-likeness (QED) is 0.759. The van der Waals surface area contributed by atoms with Gasteiger partial charge in [0.2, 0.25) is 0 Å². The number of likely N-dealkylation sites (tertiary alicyclic amines) is 1. The van der Waals surface area contributed by atoms with Crippen LogP contribution in [0.2, 0.25) is 0 Å². The molecule has 0 radical (unpaired) electrons. The molecule has 2 heterocycles. The Labute approximate surface area is 185 Å². The molecule has 0 spiro atoms. The van der Waals surface area contributed by atoms with Crippen LogP contribution in [0.5, 0.6) is 0 Å². The number of nitrogens with zero attached hydrogens (tertiary/aromatic N) is 4. The maximum absolute atomic E-state index is 13.4. The second-order valence-corrected chi connectivity index (χ2v) is 8.69. The number of rotatable bonds is 3. The third-order valence-corrected chi connectivity index (χ3v) is 5.01. The first-order chi connectivity index (χ1) is 15.0. The number of hydrogen-bond donors (Lipinski definition) is 1. The van der Waals surface area contributed by atoms with E-state index in [1.54, 1.807) is 16.8 Å². The van der Waals surface area contributed by atoms with Crippen LogP contribution in [-0.2, 0) is 4.74 Å². The van der Waals surface area contributed by atoms with Gasteiger partial charge in [-0.2, -0.15) is 0 Å². The molecule has 0 bridgehead atoms. The minimum atomic E-state index is -0.722. The number of amides is 3. The fraction of sp³-hybridized carbons (Fsp3) is 0.455. The maximum Gasteiger partial charge on any atom is 0.410 e. The van der Waals surface area contributed by atoms with E-state index in [0.717, 1.165) is 18.2 Å². The molecule has 3 rings (SSSR count). The first-order valence-corrected chi connectivity index (χ1v) is 10.3. The van der Waals surface area contributed by atoms with Gasteiger partial charge in [-0.3, -0.25) is 0 Å². The molecule has 172 valence electrons.